The molecule has 76 heavy (non-hydrogen) atoms. The van der Waals surface area contributed by atoms with Crippen molar-refractivity contribution in [1.82, 2.24) is 24.1 Å². The van der Waals surface area contributed by atoms with Crippen molar-refractivity contribution in [2.24, 2.45) is 0 Å². The van der Waals surface area contributed by atoms with E-state index in [4.69, 9.17) is 23.8 Å². The largest absolute Gasteiger partial charge is 0.456 e. The molecule has 0 aliphatic heterocycles. The lowest BCUT2D eigenvalue weighted by molar-refractivity contribution is 0.668. The molecule has 0 aliphatic carbocycles. The van der Waals surface area contributed by atoms with Gasteiger partial charge in [0, 0.05) is 71.2 Å². The van der Waals surface area contributed by atoms with E-state index in [1.54, 1.807) is 0 Å². The number of rotatable bonds is 7. The fourth-order valence-corrected chi connectivity index (χ4v) is 11.8. The molecule has 354 valence electrons. The Morgan fingerprint density at radius 1 is 0.263 bits per heavy atom. The summed E-state index contributed by atoms with van der Waals surface area (Å²) in [6.07, 6.45) is 0. The molecule has 7 heteroatoms. The van der Waals surface area contributed by atoms with Gasteiger partial charge >= 0.3 is 0 Å². The molecule has 0 fully saturated rings. The molecule has 11 aromatic carbocycles. The predicted molar refractivity (Wildman–Crippen MR) is 310 cm³/mol. The van der Waals surface area contributed by atoms with Crippen LogP contribution in [0.1, 0.15) is 0 Å². The van der Waals surface area contributed by atoms with E-state index >= 15 is 0 Å². The Balaban J connectivity index is 0.872. The van der Waals surface area contributed by atoms with Gasteiger partial charge in [0.25, 0.3) is 0 Å². The Hall–Kier alpha value is -10.4. The van der Waals surface area contributed by atoms with Gasteiger partial charge in [-0.3, -0.25) is 0 Å². The van der Waals surface area contributed by atoms with E-state index in [2.05, 4.69) is 203 Å². The Morgan fingerprint density at radius 3 is 1.46 bits per heavy atom. The van der Waals surface area contributed by atoms with E-state index in [1.165, 1.54) is 32.6 Å². The first-order chi connectivity index (χ1) is 37.7. The Kier molecular flexibility index (Phi) is 9.20. The zero-order chi connectivity index (χ0) is 49.8. The summed E-state index contributed by atoms with van der Waals surface area (Å²) in [7, 11) is 0. The number of hydrogen-bond acceptors (Lipinski definition) is 5. The second-order valence-electron chi connectivity index (χ2n) is 19.5. The van der Waals surface area contributed by atoms with Gasteiger partial charge in [0.15, 0.2) is 17.5 Å². The molecule has 0 radical (unpaired) electrons. The van der Waals surface area contributed by atoms with Gasteiger partial charge in [-0.05, 0) is 101 Å². The number of fused-ring (bicyclic) bond motifs is 13. The van der Waals surface area contributed by atoms with Gasteiger partial charge < -0.3 is 18.0 Å². The third-order valence-electron chi connectivity index (χ3n) is 15.2. The lowest BCUT2D eigenvalue weighted by Crippen LogP contribution is -2.00. The molecule has 16 aromatic rings. The van der Waals surface area contributed by atoms with Crippen LogP contribution in [-0.4, -0.2) is 24.1 Å². The lowest BCUT2D eigenvalue weighted by atomic mass is 9.99. The average molecular weight is 972 g/mol. The number of benzene rings is 11. The van der Waals surface area contributed by atoms with Crippen molar-refractivity contribution in [2.75, 3.05) is 0 Å². The average Bonchev–Trinajstić information content (AvgIpc) is 4.28. The smallest absolute Gasteiger partial charge is 0.164 e. The molecular formula is C69H41N5O2. The molecule has 0 aliphatic rings. The van der Waals surface area contributed by atoms with Gasteiger partial charge in [-0.1, -0.05) is 170 Å². The SMILES string of the molecule is c1ccc(-c2nc(-c3ccc4c(c3)oc3cccc(-c5ccccc5)c34)nc(-c3cccc4oc5ccc(-c6ccc7c(c6)c6ccc8c9ccccc9n(-c9ccccc9)c8c6n7-c6ccccc6)cc5c34)n2)cc1. The van der Waals surface area contributed by atoms with Gasteiger partial charge in [-0.25, -0.2) is 15.0 Å². The van der Waals surface area contributed by atoms with E-state index in [9.17, 15) is 0 Å². The number of aromatic nitrogens is 5. The van der Waals surface area contributed by atoms with Gasteiger partial charge in [-0.15, -0.1) is 0 Å². The summed E-state index contributed by atoms with van der Waals surface area (Å²) in [5.41, 5.74) is 17.0. The minimum atomic E-state index is 0.546. The van der Waals surface area contributed by atoms with Crippen LogP contribution in [0.4, 0.5) is 0 Å². The molecule has 0 amide bonds. The molecular weight excluding hydrogens is 931 g/mol. The summed E-state index contributed by atoms with van der Waals surface area (Å²) < 4.78 is 18.1. The monoisotopic (exact) mass is 971 g/mol. The third kappa shape index (κ3) is 6.46. The van der Waals surface area contributed by atoms with Gasteiger partial charge in [0.05, 0.1) is 22.1 Å². The summed E-state index contributed by atoms with van der Waals surface area (Å²) in [6, 6.07) is 87.4. The first kappa shape index (κ1) is 42.2. The predicted octanol–water partition coefficient (Wildman–Crippen LogP) is 18.2. The second-order valence-corrected chi connectivity index (χ2v) is 19.5. The van der Waals surface area contributed by atoms with Gasteiger partial charge in [0.2, 0.25) is 0 Å². The lowest BCUT2D eigenvalue weighted by Gasteiger charge is -2.12. The van der Waals surface area contributed by atoms with E-state index < -0.39 is 0 Å². The van der Waals surface area contributed by atoms with Crippen LogP contribution >= 0.6 is 0 Å². The number of nitrogens with zero attached hydrogens (tertiary/aromatic N) is 5. The van der Waals surface area contributed by atoms with Crippen molar-refractivity contribution >= 4 is 87.5 Å². The Labute approximate surface area is 434 Å². The van der Waals surface area contributed by atoms with Crippen LogP contribution in [-0.2, 0) is 0 Å². The molecule has 0 unspecified atom stereocenters. The van der Waals surface area contributed by atoms with Crippen LogP contribution in [0.3, 0.4) is 0 Å². The van der Waals surface area contributed by atoms with E-state index in [0.29, 0.717) is 17.5 Å². The van der Waals surface area contributed by atoms with Crippen LogP contribution in [0.5, 0.6) is 0 Å². The highest BCUT2D eigenvalue weighted by Crippen LogP contribution is 2.45. The van der Waals surface area contributed by atoms with Crippen LogP contribution in [0.2, 0.25) is 0 Å². The minimum absolute atomic E-state index is 0.546. The summed E-state index contributed by atoms with van der Waals surface area (Å²) in [6.45, 7) is 0. The summed E-state index contributed by atoms with van der Waals surface area (Å²) in [5, 5.41) is 8.82. The maximum absolute atomic E-state index is 6.66. The molecule has 0 spiro atoms. The van der Waals surface area contributed by atoms with Crippen molar-refractivity contribution in [3.8, 4) is 67.8 Å². The Bertz CT molecular complexity index is 4980. The summed E-state index contributed by atoms with van der Waals surface area (Å²) in [5.74, 6) is 1.67. The van der Waals surface area contributed by atoms with E-state index in [0.717, 1.165) is 105 Å². The number of hydrogen-bond donors (Lipinski definition) is 0. The van der Waals surface area contributed by atoms with Crippen molar-refractivity contribution in [2.45, 2.75) is 0 Å². The standard InChI is InChI=1S/C69H41N5O2/c1-5-17-42(18-6-1)49-26-15-29-60-63(49)53-34-31-46(41-62(53)76-60)68-70-67(43-19-7-2-8-20-43)71-69(72-68)54-27-16-30-61-64(54)56-40-45(33-38-59(56)75-61)44-32-37-58-55(39-44)52-36-35-51-50-25-13-14-28-57(50)73(47-21-9-3-10-22-47)65(51)66(52)74(58)48-23-11-4-12-24-48/h1-41H. The first-order valence-electron chi connectivity index (χ1n) is 25.6. The molecule has 5 heterocycles. The third-order valence-corrected chi connectivity index (χ3v) is 15.2. The molecule has 7 nitrogen and oxygen atoms in total. The van der Waals surface area contributed by atoms with Crippen molar-refractivity contribution in [1.29, 1.82) is 0 Å². The normalized spacial score (nSPS) is 11.9. The van der Waals surface area contributed by atoms with Crippen molar-refractivity contribution in [3.05, 3.63) is 249 Å². The summed E-state index contributed by atoms with van der Waals surface area (Å²) in [4.78, 5) is 15.6. The fourth-order valence-electron chi connectivity index (χ4n) is 11.8. The van der Waals surface area contributed by atoms with Gasteiger partial charge in [-0.2, -0.15) is 0 Å². The van der Waals surface area contributed by atoms with Crippen molar-refractivity contribution < 1.29 is 8.83 Å². The fraction of sp³-hybridized carbons (Fsp3) is 0. The van der Waals surface area contributed by atoms with E-state index in [1.807, 2.05) is 54.6 Å². The molecule has 5 aromatic heterocycles. The van der Waals surface area contributed by atoms with Crippen LogP contribution in [0.15, 0.2) is 258 Å². The Morgan fingerprint density at radius 2 is 0.763 bits per heavy atom. The van der Waals surface area contributed by atoms with Crippen LogP contribution in [0, 0.1) is 0 Å². The van der Waals surface area contributed by atoms with E-state index in [-0.39, 0.29) is 0 Å². The highest BCUT2D eigenvalue weighted by atomic mass is 16.3. The molecule has 0 N–H and O–H groups in total. The second kappa shape index (κ2) is 16.6. The molecule has 0 bridgehead atoms. The highest BCUT2D eigenvalue weighted by Gasteiger charge is 2.24. The highest BCUT2D eigenvalue weighted by molar-refractivity contribution is 6.24. The maximum atomic E-state index is 6.66. The zero-order valence-corrected chi connectivity index (χ0v) is 40.7. The summed E-state index contributed by atoms with van der Waals surface area (Å²) >= 11 is 0. The zero-order valence-electron chi connectivity index (χ0n) is 40.7. The van der Waals surface area contributed by atoms with Crippen LogP contribution < -0.4 is 0 Å². The van der Waals surface area contributed by atoms with Crippen LogP contribution in [0.25, 0.3) is 155 Å². The van der Waals surface area contributed by atoms with Crippen molar-refractivity contribution in [3.63, 3.8) is 0 Å². The molecule has 16 rings (SSSR count). The first-order valence-corrected chi connectivity index (χ1v) is 25.6. The molecule has 0 saturated carbocycles. The van der Waals surface area contributed by atoms with Gasteiger partial charge in [0.1, 0.15) is 22.3 Å². The maximum Gasteiger partial charge on any atom is 0.164 e. The quantitative estimate of drug-likeness (QED) is 0.159. The minimum Gasteiger partial charge on any atom is -0.456 e. The topological polar surface area (TPSA) is 74.8 Å². The number of para-hydroxylation sites is 3. The number of furan rings is 2. The molecule has 0 atom stereocenters. The molecule has 0 saturated heterocycles.